The van der Waals surface area contributed by atoms with Gasteiger partial charge in [0.05, 0.1) is 27.0 Å². The number of aromatic nitrogens is 4. The number of aryl methyl sites for hydroxylation is 1. The van der Waals surface area contributed by atoms with Crippen molar-refractivity contribution in [2.75, 3.05) is 21.3 Å². The lowest BCUT2D eigenvalue weighted by Gasteiger charge is -2.16. The Morgan fingerprint density at radius 1 is 0.955 bits per heavy atom. The summed E-state index contributed by atoms with van der Waals surface area (Å²) in [6.07, 6.45) is 1.57. The van der Waals surface area contributed by atoms with Crippen molar-refractivity contribution in [3.63, 3.8) is 0 Å². The van der Waals surface area contributed by atoms with E-state index in [1.54, 1.807) is 32.2 Å². The Balaban J connectivity index is 2.33. The van der Waals surface area contributed by atoms with Gasteiger partial charge in [0.15, 0.2) is 17.1 Å². The minimum Gasteiger partial charge on any atom is -0.493 e. The molecule has 114 valence electrons. The van der Waals surface area contributed by atoms with E-state index in [9.17, 15) is 0 Å². The van der Waals surface area contributed by atoms with Crippen LogP contribution >= 0.6 is 0 Å². The van der Waals surface area contributed by atoms with E-state index >= 15 is 0 Å². The molecule has 0 radical (unpaired) electrons. The van der Waals surface area contributed by atoms with Crippen molar-refractivity contribution in [2.24, 2.45) is 0 Å². The molecule has 0 saturated carbocycles. The first kappa shape index (κ1) is 14.1. The topological polar surface area (TPSA) is 70.8 Å². The molecule has 0 unspecified atom stereocenters. The number of methoxy groups -OCH3 is 3. The van der Waals surface area contributed by atoms with Gasteiger partial charge in [0.1, 0.15) is 6.33 Å². The molecule has 0 fully saturated rings. The highest BCUT2D eigenvalue weighted by Gasteiger charge is 2.20. The second-order valence-electron chi connectivity index (χ2n) is 4.68. The van der Waals surface area contributed by atoms with Gasteiger partial charge in [0, 0.05) is 11.1 Å². The van der Waals surface area contributed by atoms with Gasteiger partial charge in [-0.2, -0.15) is 9.61 Å². The first-order valence-corrected chi connectivity index (χ1v) is 6.66. The molecule has 3 aromatic rings. The second kappa shape index (κ2) is 5.51. The van der Waals surface area contributed by atoms with E-state index in [0.29, 0.717) is 22.9 Å². The summed E-state index contributed by atoms with van der Waals surface area (Å²) in [5, 5.41) is 12.4. The zero-order chi connectivity index (χ0) is 15.7. The first-order valence-electron chi connectivity index (χ1n) is 6.66. The predicted octanol–water partition coefficient (Wildman–Crippen LogP) is 2.13. The third kappa shape index (κ3) is 2.11. The molecule has 22 heavy (non-hydrogen) atoms. The highest BCUT2D eigenvalue weighted by molar-refractivity contribution is 5.84. The molecular formula is C15H16N4O3. The molecule has 7 nitrogen and oxygen atoms in total. The maximum atomic E-state index is 5.55. The molecule has 0 N–H and O–H groups in total. The molecular weight excluding hydrogens is 284 g/mol. The van der Waals surface area contributed by atoms with Crippen LogP contribution in [0, 0.1) is 6.92 Å². The summed E-state index contributed by atoms with van der Waals surface area (Å²) in [5.41, 5.74) is 3.20. The third-order valence-corrected chi connectivity index (χ3v) is 3.38. The summed E-state index contributed by atoms with van der Waals surface area (Å²) in [6, 6.07) is 5.68. The van der Waals surface area contributed by atoms with Crippen LogP contribution in [0.5, 0.6) is 17.2 Å². The number of fused-ring (bicyclic) bond motifs is 1. The van der Waals surface area contributed by atoms with E-state index in [2.05, 4.69) is 15.3 Å². The summed E-state index contributed by atoms with van der Waals surface area (Å²) in [7, 11) is 4.76. The van der Waals surface area contributed by atoms with Crippen molar-refractivity contribution >= 4 is 5.65 Å². The predicted molar refractivity (Wildman–Crippen MR) is 80.6 cm³/mol. The maximum Gasteiger partial charge on any atom is 0.203 e. The van der Waals surface area contributed by atoms with Crippen LogP contribution in [0.4, 0.5) is 0 Å². The summed E-state index contributed by atoms with van der Waals surface area (Å²) < 4.78 is 17.9. The van der Waals surface area contributed by atoms with Crippen LogP contribution in [0.25, 0.3) is 16.8 Å². The quantitative estimate of drug-likeness (QED) is 0.735. The highest BCUT2D eigenvalue weighted by Crippen LogP contribution is 2.44. The van der Waals surface area contributed by atoms with Crippen LogP contribution in [0.2, 0.25) is 0 Å². The van der Waals surface area contributed by atoms with Crippen LogP contribution in [0.1, 0.15) is 5.69 Å². The van der Waals surface area contributed by atoms with Crippen LogP contribution in [0.3, 0.4) is 0 Å². The smallest absolute Gasteiger partial charge is 0.203 e. The van der Waals surface area contributed by atoms with E-state index in [4.69, 9.17) is 14.2 Å². The number of rotatable bonds is 4. The minimum atomic E-state index is 0.537. The van der Waals surface area contributed by atoms with Gasteiger partial charge in [-0.1, -0.05) is 0 Å². The lowest BCUT2D eigenvalue weighted by Crippen LogP contribution is -2.00. The first-order chi connectivity index (χ1) is 10.7. The Hall–Kier alpha value is -2.83. The Morgan fingerprint density at radius 2 is 1.73 bits per heavy atom. The average Bonchev–Trinajstić information content (AvgIpc) is 3.00. The van der Waals surface area contributed by atoms with Crippen molar-refractivity contribution in [1.82, 2.24) is 19.8 Å². The summed E-state index contributed by atoms with van der Waals surface area (Å²) in [6.45, 7) is 1.91. The molecule has 2 heterocycles. The zero-order valence-electron chi connectivity index (χ0n) is 12.8. The van der Waals surface area contributed by atoms with Gasteiger partial charge in [0.2, 0.25) is 5.75 Å². The second-order valence-corrected chi connectivity index (χ2v) is 4.68. The normalized spacial score (nSPS) is 10.7. The molecule has 0 aliphatic rings. The molecule has 7 heteroatoms. The maximum absolute atomic E-state index is 5.55. The fourth-order valence-electron chi connectivity index (χ4n) is 2.46. The molecule has 0 aliphatic heterocycles. The van der Waals surface area contributed by atoms with E-state index in [1.807, 2.05) is 25.1 Å². The fraction of sp³-hybridized carbons (Fsp3) is 0.267. The van der Waals surface area contributed by atoms with Crippen molar-refractivity contribution in [2.45, 2.75) is 6.92 Å². The van der Waals surface area contributed by atoms with Crippen LogP contribution in [0.15, 0.2) is 24.5 Å². The van der Waals surface area contributed by atoms with Gasteiger partial charge >= 0.3 is 0 Å². The highest BCUT2D eigenvalue weighted by atomic mass is 16.5. The van der Waals surface area contributed by atoms with E-state index in [-0.39, 0.29) is 0 Å². The molecule has 3 rings (SSSR count). The molecule has 0 spiro atoms. The van der Waals surface area contributed by atoms with E-state index in [1.165, 1.54) is 0 Å². The van der Waals surface area contributed by atoms with Crippen LogP contribution in [-0.2, 0) is 0 Å². The van der Waals surface area contributed by atoms with Crippen molar-refractivity contribution < 1.29 is 14.2 Å². The van der Waals surface area contributed by atoms with Crippen LogP contribution < -0.4 is 14.2 Å². The standard InChI is InChI=1S/C15H16N4O3/c1-9-7-11(15-17-16-8-19(15)18-9)10-5-6-12(20-2)14(22-4)13(10)21-3/h5-8H,1-4H3. The molecule has 0 amide bonds. The SMILES string of the molecule is COc1ccc(-c2cc(C)nn3cnnc23)c(OC)c1OC. The van der Waals surface area contributed by atoms with E-state index < -0.39 is 0 Å². The minimum absolute atomic E-state index is 0.537. The van der Waals surface area contributed by atoms with Crippen molar-refractivity contribution in [3.8, 4) is 28.4 Å². The Bertz CT molecular complexity index is 829. The lowest BCUT2D eigenvalue weighted by molar-refractivity contribution is 0.325. The van der Waals surface area contributed by atoms with Crippen molar-refractivity contribution in [1.29, 1.82) is 0 Å². The number of hydrogen-bond acceptors (Lipinski definition) is 6. The van der Waals surface area contributed by atoms with Crippen molar-refractivity contribution in [3.05, 3.63) is 30.2 Å². The summed E-state index contributed by atoms with van der Waals surface area (Å²) in [4.78, 5) is 0. The number of nitrogens with zero attached hydrogens (tertiary/aromatic N) is 4. The van der Waals surface area contributed by atoms with Gasteiger partial charge in [-0.05, 0) is 25.1 Å². The van der Waals surface area contributed by atoms with Gasteiger partial charge < -0.3 is 14.2 Å². The molecule has 2 aromatic heterocycles. The fourth-order valence-corrected chi connectivity index (χ4v) is 2.46. The Kier molecular flexibility index (Phi) is 3.54. The largest absolute Gasteiger partial charge is 0.493 e. The zero-order valence-corrected chi connectivity index (χ0v) is 12.8. The molecule has 1 aromatic carbocycles. The number of benzene rings is 1. The van der Waals surface area contributed by atoms with Crippen LogP contribution in [-0.4, -0.2) is 41.1 Å². The molecule has 0 atom stereocenters. The van der Waals surface area contributed by atoms with Gasteiger partial charge in [-0.15, -0.1) is 10.2 Å². The van der Waals surface area contributed by atoms with Gasteiger partial charge in [-0.25, -0.2) is 0 Å². The molecule has 0 aliphatic carbocycles. The Morgan fingerprint density at radius 3 is 2.41 bits per heavy atom. The van der Waals surface area contributed by atoms with Gasteiger partial charge in [-0.3, -0.25) is 0 Å². The number of ether oxygens (including phenoxy) is 3. The Labute approximate surface area is 127 Å². The third-order valence-electron chi connectivity index (χ3n) is 3.38. The monoisotopic (exact) mass is 300 g/mol. The molecule has 0 saturated heterocycles. The molecule has 0 bridgehead atoms. The lowest BCUT2D eigenvalue weighted by atomic mass is 10.0. The summed E-state index contributed by atoms with van der Waals surface area (Å²) in [5.74, 6) is 1.72. The van der Waals surface area contributed by atoms with E-state index in [0.717, 1.165) is 16.8 Å². The summed E-state index contributed by atoms with van der Waals surface area (Å²) >= 11 is 0. The average molecular weight is 300 g/mol. The van der Waals surface area contributed by atoms with Gasteiger partial charge in [0.25, 0.3) is 0 Å². The number of hydrogen-bond donors (Lipinski definition) is 0.